The van der Waals surface area contributed by atoms with Gasteiger partial charge in [0.05, 0.1) is 6.07 Å². The Morgan fingerprint density at radius 3 is 2.11 bits per heavy atom. The Balaban J connectivity index is 0.000000640. The van der Waals surface area contributed by atoms with Crippen LogP contribution in [0.1, 0.15) is 23.6 Å². The van der Waals surface area contributed by atoms with E-state index >= 15 is 0 Å². The van der Waals surface area contributed by atoms with Crippen molar-refractivity contribution in [2.24, 2.45) is 0 Å². The van der Waals surface area contributed by atoms with Crippen LogP contribution in [0.15, 0.2) is 71.6 Å². The van der Waals surface area contributed by atoms with Crippen molar-refractivity contribution in [1.29, 1.82) is 0 Å². The summed E-state index contributed by atoms with van der Waals surface area (Å²) >= 11 is 0.477. The van der Waals surface area contributed by atoms with E-state index in [2.05, 4.69) is 56.3 Å². The number of benzene rings is 3. The van der Waals surface area contributed by atoms with Gasteiger partial charge in [0, 0.05) is 17.2 Å². The average molecular weight is 396 g/mol. The van der Waals surface area contributed by atoms with Gasteiger partial charge >= 0.3 is 11.7 Å². The van der Waals surface area contributed by atoms with E-state index < -0.39 is 5.97 Å². The molecule has 0 unspecified atom stereocenters. The van der Waals surface area contributed by atoms with Crippen LogP contribution in [0.2, 0.25) is 0 Å². The fraction of sp³-hybridized carbons (Fsp3) is 0.174. The zero-order valence-electron chi connectivity index (χ0n) is 16.1. The summed E-state index contributed by atoms with van der Waals surface area (Å²) in [6.07, 6.45) is 0. The summed E-state index contributed by atoms with van der Waals surface area (Å²) in [6.45, 7) is 5.85. The van der Waals surface area contributed by atoms with Crippen LogP contribution in [0.25, 0.3) is 11.1 Å². The highest BCUT2D eigenvalue weighted by Crippen LogP contribution is 2.27. The van der Waals surface area contributed by atoms with Crippen LogP contribution in [-0.4, -0.2) is 11.1 Å². The fourth-order valence-corrected chi connectivity index (χ4v) is 3.12. The minimum atomic E-state index is -0.833. The van der Waals surface area contributed by atoms with Crippen LogP contribution in [0.5, 0.6) is 5.75 Å². The smallest absolute Gasteiger partial charge is 0.489 e. The first-order valence-electron chi connectivity index (χ1n) is 8.78. The van der Waals surface area contributed by atoms with Crippen molar-refractivity contribution in [1.82, 2.24) is 0 Å². The lowest BCUT2D eigenvalue weighted by atomic mass is 9.95. The zero-order valence-corrected chi connectivity index (χ0v) is 17.0. The molecule has 0 spiro atoms. The van der Waals surface area contributed by atoms with E-state index in [1.165, 1.54) is 22.3 Å². The van der Waals surface area contributed by atoms with Crippen LogP contribution in [0, 0.1) is 13.8 Å². The summed E-state index contributed by atoms with van der Waals surface area (Å²) in [6, 6.07) is 22.1. The Hall–Kier alpha value is -3.05. The largest absolute Gasteiger partial charge is 0.505 e. The van der Waals surface area contributed by atoms with Crippen molar-refractivity contribution < 1.29 is 18.8 Å². The Morgan fingerprint density at radius 1 is 0.964 bits per heavy atom. The number of rotatable bonds is 5. The predicted octanol–water partition coefficient (Wildman–Crippen LogP) is 5.43. The summed E-state index contributed by atoms with van der Waals surface area (Å²) < 4.78 is 16.6. The summed E-state index contributed by atoms with van der Waals surface area (Å²) in [5.74, 6) is -0.116. The standard InChI is InChI=1S/C21H19O2S.C2H4O2/c1-15-5-3-6-16(2)21(15)18-11-9-17(10-12-18)14-23-19-7-4-8-20(13-19)24-22;1-2(3)4/h3-13H,14H2,1-2H3;1H3,(H,3,4)/q+1;. The number of hydrogen-bond donors (Lipinski definition) is 1. The first-order valence-corrected chi connectivity index (χ1v) is 9.52. The summed E-state index contributed by atoms with van der Waals surface area (Å²) in [7, 11) is 0. The van der Waals surface area contributed by atoms with Gasteiger partial charge in [0.25, 0.3) is 10.9 Å². The molecule has 0 aliphatic carbocycles. The van der Waals surface area contributed by atoms with Gasteiger partial charge in [-0.25, -0.2) is 0 Å². The molecule has 0 atom stereocenters. The maximum absolute atomic E-state index is 10.8. The van der Waals surface area contributed by atoms with Crippen LogP contribution in [0.4, 0.5) is 0 Å². The molecule has 0 aromatic heterocycles. The lowest BCUT2D eigenvalue weighted by Crippen LogP contribution is -1.96. The number of carboxylic acid groups (broad SMARTS) is 1. The molecule has 0 fully saturated rings. The number of carbonyl (C=O) groups is 1. The van der Waals surface area contributed by atoms with E-state index in [9.17, 15) is 4.21 Å². The average Bonchev–Trinajstić information content (AvgIpc) is 2.67. The Bertz CT molecular complexity index is 925. The van der Waals surface area contributed by atoms with E-state index in [1.54, 1.807) is 12.1 Å². The van der Waals surface area contributed by atoms with Gasteiger partial charge in [-0.15, -0.1) is 0 Å². The van der Waals surface area contributed by atoms with Crippen LogP contribution in [-0.2, 0) is 27.3 Å². The minimum absolute atomic E-state index is 0.477. The number of aryl methyl sites for hydroxylation is 2. The zero-order chi connectivity index (χ0) is 20.5. The lowest BCUT2D eigenvalue weighted by molar-refractivity contribution is -0.134. The molecule has 144 valence electrons. The molecular weight excluding hydrogens is 372 g/mol. The van der Waals surface area contributed by atoms with Gasteiger partial charge in [-0.3, -0.25) is 4.79 Å². The Labute approximate surface area is 169 Å². The third-order valence-corrected chi connectivity index (χ3v) is 4.48. The maximum Gasteiger partial charge on any atom is 0.505 e. The molecule has 0 aliphatic rings. The third kappa shape index (κ3) is 6.28. The molecule has 1 N–H and O–H groups in total. The minimum Gasteiger partial charge on any atom is -0.489 e. The van der Waals surface area contributed by atoms with E-state index in [4.69, 9.17) is 14.6 Å². The first-order chi connectivity index (χ1) is 13.4. The summed E-state index contributed by atoms with van der Waals surface area (Å²) in [4.78, 5) is 9.66. The van der Waals surface area contributed by atoms with Gasteiger partial charge in [-0.05, 0) is 47.7 Å². The maximum atomic E-state index is 10.8. The van der Waals surface area contributed by atoms with Crippen molar-refractivity contribution in [3.63, 3.8) is 0 Å². The highest BCUT2D eigenvalue weighted by molar-refractivity contribution is 7.65. The predicted molar refractivity (Wildman–Crippen MR) is 112 cm³/mol. The van der Waals surface area contributed by atoms with E-state index in [0.717, 1.165) is 18.2 Å². The lowest BCUT2D eigenvalue weighted by Gasteiger charge is -2.11. The number of carboxylic acids is 1. The molecule has 0 saturated heterocycles. The van der Waals surface area contributed by atoms with Gasteiger partial charge in [0.1, 0.15) is 12.4 Å². The number of aliphatic carboxylic acids is 1. The molecule has 3 rings (SSSR count). The van der Waals surface area contributed by atoms with Crippen LogP contribution < -0.4 is 4.74 Å². The Kier molecular flexibility index (Phi) is 7.84. The van der Waals surface area contributed by atoms with E-state index in [0.29, 0.717) is 23.2 Å². The highest BCUT2D eigenvalue weighted by atomic mass is 32.1. The summed E-state index contributed by atoms with van der Waals surface area (Å²) in [5, 5.41) is 7.42. The molecule has 4 nitrogen and oxygen atoms in total. The molecule has 3 aromatic carbocycles. The molecule has 28 heavy (non-hydrogen) atoms. The third-order valence-electron chi connectivity index (χ3n) is 4.03. The second kappa shape index (κ2) is 10.3. The van der Waals surface area contributed by atoms with Crippen molar-refractivity contribution in [2.45, 2.75) is 32.3 Å². The number of hydrogen-bond acceptors (Lipinski definition) is 3. The van der Waals surface area contributed by atoms with E-state index in [-0.39, 0.29) is 0 Å². The van der Waals surface area contributed by atoms with Gasteiger partial charge in [-0.1, -0.05) is 48.5 Å². The van der Waals surface area contributed by atoms with Gasteiger partial charge in [0.15, 0.2) is 0 Å². The molecule has 0 amide bonds. The van der Waals surface area contributed by atoms with Gasteiger partial charge in [0.2, 0.25) is 0 Å². The van der Waals surface area contributed by atoms with Gasteiger partial charge in [-0.2, -0.15) is 0 Å². The normalized spacial score (nSPS) is 9.82. The van der Waals surface area contributed by atoms with Crippen molar-refractivity contribution in [3.8, 4) is 16.9 Å². The van der Waals surface area contributed by atoms with Crippen LogP contribution in [0.3, 0.4) is 0 Å². The van der Waals surface area contributed by atoms with Crippen molar-refractivity contribution in [2.75, 3.05) is 0 Å². The topological polar surface area (TPSA) is 63.6 Å². The molecule has 5 heteroatoms. The van der Waals surface area contributed by atoms with Gasteiger partial charge < -0.3 is 9.84 Å². The van der Waals surface area contributed by atoms with Crippen LogP contribution >= 0.6 is 0 Å². The second-order valence-electron chi connectivity index (χ2n) is 6.33. The second-order valence-corrected chi connectivity index (χ2v) is 6.97. The fourth-order valence-electron chi connectivity index (χ4n) is 2.82. The van der Waals surface area contributed by atoms with E-state index in [1.807, 2.05) is 12.1 Å². The van der Waals surface area contributed by atoms with Crippen molar-refractivity contribution >= 4 is 17.6 Å². The Morgan fingerprint density at radius 2 is 1.54 bits per heavy atom. The molecule has 0 heterocycles. The molecule has 0 saturated carbocycles. The van der Waals surface area contributed by atoms with Crippen molar-refractivity contribution in [3.05, 3.63) is 83.4 Å². The highest BCUT2D eigenvalue weighted by Gasteiger charge is 2.08. The molecule has 0 aliphatic heterocycles. The quantitative estimate of drug-likeness (QED) is 0.585. The molecular formula is C23H23O4S+. The first kappa shape index (κ1) is 21.3. The molecule has 0 bridgehead atoms. The molecule has 3 aromatic rings. The molecule has 0 radical (unpaired) electrons. The SMILES string of the molecule is CC(=O)O.Cc1cccc(C)c1-c1ccc(COc2cccc([S+]=O)c2)cc1. The summed E-state index contributed by atoms with van der Waals surface area (Å²) in [5.41, 5.74) is 6.19. The number of ether oxygens (including phenoxy) is 1. The monoisotopic (exact) mass is 395 g/mol.